The summed E-state index contributed by atoms with van der Waals surface area (Å²) in [5.74, 6) is -0.960. The zero-order chi connectivity index (χ0) is 18.2. The molecule has 1 aliphatic heterocycles. The van der Waals surface area contributed by atoms with Crippen molar-refractivity contribution in [2.24, 2.45) is 5.92 Å². The predicted molar refractivity (Wildman–Crippen MR) is 92.4 cm³/mol. The SMILES string of the molecule is O=C(O)CCCNC(=O)N1CCCC(C(=O)Nc2ccc(Cl)cn2)C1. The molecule has 0 aliphatic carbocycles. The van der Waals surface area contributed by atoms with Crippen LogP contribution in [0.4, 0.5) is 10.6 Å². The molecule has 0 bridgehead atoms. The molecule has 1 aromatic rings. The van der Waals surface area contributed by atoms with E-state index in [1.807, 2.05) is 0 Å². The summed E-state index contributed by atoms with van der Waals surface area (Å²) in [6.45, 7) is 1.20. The van der Waals surface area contributed by atoms with Crippen LogP contribution in [-0.4, -0.2) is 52.5 Å². The second-order valence-electron chi connectivity index (χ2n) is 5.87. The number of carbonyl (C=O) groups is 3. The summed E-state index contributed by atoms with van der Waals surface area (Å²) >= 11 is 5.76. The fraction of sp³-hybridized carbons (Fsp3) is 0.500. The number of halogens is 1. The Balaban J connectivity index is 1.80. The number of nitrogens with one attached hydrogen (secondary N) is 2. The van der Waals surface area contributed by atoms with Crippen LogP contribution in [0.5, 0.6) is 0 Å². The Morgan fingerprint density at radius 3 is 2.84 bits per heavy atom. The number of likely N-dealkylation sites (tertiary alicyclic amines) is 1. The monoisotopic (exact) mass is 368 g/mol. The van der Waals surface area contributed by atoms with Gasteiger partial charge >= 0.3 is 12.0 Å². The summed E-state index contributed by atoms with van der Waals surface area (Å²) in [4.78, 5) is 40.5. The Hall–Kier alpha value is -2.35. The second-order valence-corrected chi connectivity index (χ2v) is 6.30. The van der Waals surface area contributed by atoms with Gasteiger partial charge in [-0.1, -0.05) is 11.6 Å². The number of aromatic nitrogens is 1. The van der Waals surface area contributed by atoms with Gasteiger partial charge in [-0.25, -0.2) is 9.78 Å². The van der Waals surface area contributed by atoms with Gasteiger partial charge in [-0.3, -0.25) is 9.59 Å². The van der Waals surface area contributed by atoms with Gasteiger partial charge in [0.25, 0.3) is 0 Å². The molecule has 9 heteroatoms. The zero-order valence-electron chi connectivity index (χ0n) is 13.7. The highest BCUT2D eigenvalue weighted by Crippen LogP contribution is 2.19. The van der Waals surface area contributed by atoms with E-state index in [-0.39, 0.29) is 24.3 Å². The van der Waals surface area contributed by atoms with Crippen LogP contribution in [-0.2, 0) is 9.59 Å². The molecule has 0 aromatic carbocycles. The number of aliphatic carboxylic acids is 1. The zero-order valence-corrected chi connectivity index (χ0v) is 14.5. The smallest absolute Gasteiger partial charge is 0.317 e. The molecule has 1 saturated heterocycles. The van der Waals surface area contributed by atoms with E-state index in [2.05, 4.69) is 15.6 Å². The molecule has 0 saturated carbocycles. The van der Waals surface area contributed by atoms with E-state index in [0.717, 1.165) is 6.42 Å². The number of pyridine rings is 1. The number of urea groups is 1. The first-order valence-electron chi connectivity index (χ1n) is 8.12. The Kier molecular flexibility index (Phi) is 7.00. The fourth-order valence-electron chi connectivity index (χ4n) is 2.60. The molecule has 1 aliphatic rings. The summed E-state index contributed by atoms with van der Waals surface area (Å²) in [6, 6.07) is 2.99. The minimum Gasteiger partial charge on any atom is -0.481 e. The van der Waals surface area contributed by atoms with Crippen LogP contribution in [0.1, 0.15) is 25.7 Å². The lowest BCUT2D eigenvalue weighted by atomic mass is 9.97. The minimum atomic E-state index is -0.889. The number of amides is 3. The number of rotatable bonds is 6. The fourth-order valence-corrected chi connectivity index (χ4v) is 2.71. The maximum absolute atomic E-state index is 12.3. The molecule has 25 heavy (non-hydrogen) atoms. The third-order valence-electron chi connectivity index (χ3n) is 3.90. The number of carboxylic acid groups (broad SMARTS) is 1. The summed E-state index contributed by atoms with van der Waals surface area (Å²) in [5.41, 5.74) is 0. The van der Waals surface area contributed by atoms with Gasteiger partial charge in [-0.15, -0.1) is 0 Å². The number of nitrogens with zero attached hydrogens (tertiary/aromatic N) is 2. The van der Waals surface area contributed by atoms with Crippen molar-refractivity contribution in [3.05, 3.63) is 23.4 Å². The minimum absolute atomic E-state index is 0.0133. The molecule has 1 fully saturated rings. The number of anilines is 1. The number of piperidine rings is 1. The molecule has 1 aromatic heterocycles. The van der Waals surface area contributed by atoms with Crippen LogP contribution in [0.3, 0.4) is 0 Å². The highest BCUT2D eigenvalue weighted by Gasteiger charge is 2.28. The van der Waals surface area contributed by atoms with Crippen molar-refractivity contribution in [2.45, 2.75) is 25.7 Å². The molecule has 0 radical (unpaired) electrons. The quantitative estimate of drug-likeness (QED) is 0.664. The van der Waals surface area contributed by atoms with Gasteiger partial charge in [0, 0.05) is 32.3 Å². The lowest BCUT2D eigenvalue weighted by molar-refractivity contribution is -0.137. The third kappa shape index (κ3) is 6.22. The highest BCUT2D eigenvalue weighted by molar-refractivity contribution is 6.30. The first-order valence-corrected chi connectivity index (χ1v) is 8.50. The Bertz CT molecular complexity index is 623. The van der Waals surface area contributed by atoms with Crippen molar-refractivity contribution < 1.29 is 19.5 Å². The van der Waals surface area contributed by atoms with Crippen molar-refractivity contribution >= 4 is 35.3 Å². The topological polar surface area (TPSA) is 112 Å². The number of carboxylic acids is 1. The number of hydrogen-bond acceptors (Lipinski definition) is 4. The van der Waals surface area contributed by atoms with Crippen molar-refractivity contribution in [2.75, 3.05) is 25.0 Å². The normalized spacial score (nSPS) is 17.0. The van der Waals surface area contributed by atoms with E-state index in [1.54, 1.807) is 17.0 Å². The van der Waals surface area contributed by atoms with E-state index in [4.69, 9.17) is 16.7 Å². The van der Waals surface area contributed by atoms with Crippen molar-refractivity contribution in [3.8, 4) is 0 Å². The summed E-state index contributed by atoms with van der Waals surface area (Å²) in [5, 5.41) is 14.5. The van der Waals surface area contributed by atoms with Gasteiger partial charge in [0.2, 0.25) is 5.91 Å². The number of carbonyl (C=O) groups excluding carboxylic acids is 2. The lowest BCUT2D eigenvalue weighted by Crippen LogP contribution is -2.48. The summed E-state index contributed by atoms with van der Waals surface area (Å²) < 4.78 is 0. The summed E-state index contributed by atoms with van der Waals surface area (Å²) in [7, 11) is 0. The van der Waals surface area contributed by atoms with Crippen molar-refractivity contribution in [1.82, 2.24) is 15.2 Å². The van der Waals surface area contributed by atoms with Gasteiger partial charge in [0.15, 0.2) is 0 Å². The molecular weight excluding hydrogens is 348 g/mol. The highest BCUT2D eigenvalue weighted by atomic mass is 35.5. The average molecular weight is 369 g/mol. The molecule has 2 rings (SSSR count). The Labute approximate surface area is 150 Å². The van der Waals surface area contributed by atoms with Crippen LogP contribution >= 0.6 is 11.6 Å². The van der Waals surface area contributed by atoms with Gasteiger partial charge in [0.1, 0.15) is 5.82 Å². The molecule has 8 nitrogen and oxygen atoms in total. The van der Waals surface area contributed by atoms with Gasteiger partial charge in [-0.2, -0.15) is 0 Å². The molecule has 3 amide bonds. The average Bonchev–Trinajstić information content (AvgIpc) is 2.60. The first-order chi connectivity index (χ1) is 12.0. The molecule has 0 spiro atoms. The van der Waals surface area contributed by atoms with E-state index in [9.17, 15) is 14.4 Å². The van der Waals surface area contributed by atoms with Crippen LogP contribution in [0.25, 0.3) is 0 Å². The van der Waals surface area contributed by atoms with Crippen LogP contribution in [0.2, 0.25) is 5.02 Å². The first kappa shape index (κ1) is 19.0. The van der Waals surface area contributed by atoms with E-state index >= 15 is 0 Å². The predicted octanol–water partition coefficient (Wildman–Crippen LogP) is 1.96. The van der Waals surface area contributed by atoms with Gasteiger partial charge in [-0.05, 0) is 31.4 Å². The van der Waals surface area contributed by atoms with Crippen molar-refractivity contribution in [1.29, 1.82) is 0 Å². The largest absolute Gasteiger partial charge is 0.481 e. The molecular formula is C16H21ClN4O4. The summed E-state index contributed by atoms with van der Waals surface area (Å²) in [6.07, 6.45) is 3.27. The molecule has 136 valence electrons. The van der Waals surface area contributed by atoms with E-state index in [0.29, 0.717) is 43.3 Å². The maximum atomic E-state index is 12.3. The standard InChI is InChI=1S/C16H21ClN4O4/c17-12-5-6-13(19-9-12)20-15(24)11-3-2-8-21(10-11)16(25)18-7-1-4-14(22)23/h5-6,9,11H,1-4,7-8,10H2,(H,18,25)(H,22,23)(H,19,20,24). The molecule has 3 N–H and O–H groups in total. The van der Waals surface area contributed by atoms with Crippen LogP contribution in [0, 0.1) is 5.92 Å². The Morgan fingerprint density at radius 1 is 1.36 bits per heavy atom. The second kappa shape index (κ2) is 9.22. The van der Waals surface area contributed by atoms with Crippen LogP contribution in [0.15, 0.2) is 18.3 Å². The van der Waals surface area contributed by atoms with Crippen molar-refractivity contribution in [3.63, 3.8) is 0 Å². The molecule has 1 atom stereocenters. The Morgan fingerprint density at radius 2 is 2.16 bits per heavy atom. The van der Waals surface area contributed by atoms with Gasteiger partial charge in [0.05, 0.1) is 10.9 Å². The lowest BCUT2D eigenvalue weighted by Gasteiger charge is -2.32. The van der Waals surface area contributed by atoms with E-state index < -0.39 is 5.97 Å². The van der Waals surface area contributed by atoms with Crippen LogP contribution < -0.4 is 10.6 Å². The molecule has 2 heterocycles. The molecule has 1 unspecified atom stereocenters. The number of hydrogen-bond donors (Lipinski definition) is 3. The van der Waals surface area contributed by atoms with Gasteiger partial charge < -0.3 is 20.6 Å². The van der Waals surface area contributed by atoms with E-state index in [1.165, 1.54) is 6.20 Å². The third-order valence-corrected chi connectivity index (χ3v) is 4.13. The maximum Gasteiger partial charge on any atom is 0.317 e.